The number of ether oxygens (including phenoxy) is 1. The van der Waals surface area contributed by atoms with E-state index in [4.69, 9.17) is 26.1 Å². The average molecular weight is 478 g/mol. The fourth-order valence-corrected chi connectivity index (χ4v) is 4.39. The van der Waals surface area contributed by atoms with Crippen molar-refractivity contribution >= 4 is 24.4 Å². The Morgan fingerprint density at radius 1 is 1.09 bits per heavy atom. The molecule has 2 aromatic carbocycles. The summed E-state index contributed by atoms with van der Waals surface area (Å²) in [6.07, 6.45) is 5.45. The SMILES string of the molecule is C=O.COc1ccccc1C(=O)NCc1ccc(-c2nn(C3CCCCC3)c(N)c2C(N)=O)cc1. The van der Waals surface area contributed by atoms with E-state index in [9.17, 15) is 9.59 Å². The van der Waals surface area contributed by atoms with Crippen LogP contribution in [0, 0.1) is 0 Å². The molecule has 5 N–H and O–H groups in total. The molecule has 1 heterocycles. The summed E-state index contributed by atoms with van der Waals surface area (Å²) < 4.78 is 7.03. The second-order valence-electron chi connectivity index (χ2n) is 8.29. The number of para-hydroxylation sites is 1. The van der Waals surface area contributed by atoms with E-state index in [1.54, 1.807) is 22.9 Å². The molecular weight excluding hydrogens is 446 g/mol. The first-order valence-corrected chi connectivity index (χ1v) is 11.5. The number of anilines is 1. The van der Waals surface area contributed by atoms with Crippen LogP contribution in [0.5, 0.6) is 5.75 Å². The lowest BCUT2D eigenvalue weighted by Crippen LogP contribution is -2.23. The molecule has 1 saturated carbocycles. The fourth-order valence-electron chi connectivity index (χ4n) is 4.39. The van der Waals surface area contributed by atoms with E-state index in [1.807, 2.05) is 37.1 Å². The second-order valence-corrected chi connectivity index (χ2v) is 8.29. The van der Waals surface area contributed by atoms with Crippen molar-refractivity contribution < 1.29 is 19.1 Å². The summed E-state index contributed by atoms with van der Waals surface area (Å²) in [5, 5.41) is 7.60. The fraction of sp³-hybridized carbons (Fsp3) is 0.308. The molecule has 9 nitrogen and oxygen atoms in total. The van der Waals surface area contributed by atoms with Gasteiger partial charge in [-0.3, -0.25) is 9.59 Å². The Labute approximate surface area is 204 Å². The lowest BCUT2D eigenvalue weighted by molar-refractivity contribution is -0.0980. The number of amides is 2. The minimum Gasteiger partial charge on any atom is -0.496 e. The number of methoxy groups -OCH3 is 1. The molecule has 3 aromatic rings. The molecule has 184 valence electrons. The van der Waals surface area contributed by atoms with Gasteiger partial charge < -0.3 is 26.3 Å². The maximum absolute atomic E-state index is 12.5. The Kier molecular flexibility index (Phi) is 8.61. The molecule has 0 unspecified atom stereocenters. The third-order valence-corrected chi connectivity index (χ3v) is 6.15. The number of aromatic nitrogens is 2. The molecule has 0 spiro atoms. The van der Waals surface area contributed by atoms with Crippen LogP contribution in [0.15, 0.2) is 48.5 Å². The van der Waals surface area contributed by atoms with Crippen LogP contribution in [-0.2, 0) is 11.3 Å². The Hall–Kier alpha value is -4.14. The van der Waals surface area contributed by atoms with Crippen LogP contribution >= 0.6 is 0 Å². The first-order chi connectivity index (χ1) is 17.0. The molecule has 1 aromatic heterocycles. The molecule has 0 aliphatic heterocycles. The van der Waals surface area contributed by atoms with Crippen molar-refractivity contribution in [1.82, 2.24) is 15.1 Å². The summed E-state index contributed by atoms with van der Waals surface area (Å²) in [4.78, 5) is 32.7. The van der Waals surface area contributed by atoms with Gasteiger partial charge >= 0.3 is 0 Å². The van der Waals surface area contributed by atoms with Gasteiger partial charge in [0.05, 0.1) is 18.7 Å². The molecule has 1 aliphatic carbocycles. The van der Waals surface area contributed by atoms with Crippen LogP contribution in [0.3, 0.4) is 0 Å². The summed E-state index contributed by atoms with van der Waals surface area (Å²) >= 11 is 0. The molecular formula is C26H31N5O4. The predicted octanol–water partition coefficient (Wildman–Crippen LogP) is 3.49. The number of carbonyl (C=O) groups is 3. The first-order valence-electron chi connectivity index (χ1n) is 11.5. The summed E-state index contributed by atoms with van der Waals surface area (Å²) in [6, 6.07) is 14.8. The van der Waals surface area contributed by atoms with Gasteiger partial charge in [-0.1, -0.05) is 55.7 Å². The smallest absolute Gasteiger partial charge is 0.255 e. The maximum atomic E-state index is 12.5. The van der Waals surface area contributed by atoms with Crippen LogP contribution in [0.2, 0.25) is 0 Å². The largest absolute Gasteiger partial charge is 0.496 e. The predicted molar refractivity (Wildman–Crippen MR) is 134 cm³/mol. The monoisotopic (exact) mass is 477 g/mol. The highest BCUT2D eigenvalue weighted by Crippen LogP contribution is 2.34. The van der Waals surface area contributed by atoms with E-state index in [0.29, 0.717) is 29.4 Å². The van der Waals surface area contributed by atoms with Gasteiger partial charge in [0.25, 0.3) is 11.8 Å². The molecule has 1 fully saturated rings. The number of rotatable bonds is 7. The van der Waals surface area contributed by atoms with Crippen LogP contribution in [0.4, 0.5) is 5.82 Å². The number of primary amides is 1. The first kappa shape index (κ1) is 25.5. The van der Waals surface area contributed by atoms with Crippen LogP contribution in [-0.4, -0.2) is 35.5 Å². The van der Waals surface area contributed by atoms with Crippen molar-refractivity contribution in [2.45, 2.75) is 44.7 Å². The van der Waals surface area contributed by atoms with E-state index >= 15 is 0 Å². The van der Waals surface area contributed by atoms with E-state index in [-0.39, 0.29) is 17.5 Å². The Bertz CT molecular complexity index is 1170. The molecule has 2 amide bonds. The maximum Gasteiger partial charge on any atom is 0.255 e. The molecule has 4 rings (SSSR count). The van der Waals surface area contributed by atoms with Crippen molar-refractivity contribution in [2.75, 3.05) is 12.8 Å². The molecule has 9 heteroatoms. The summed E-state index contributed by atoms with van der Waals surface area (Å²) in [5.74, 6) is 0.0530. The number of nitrogens with two attached hydrogens (primary N) is 2. The Morgan fingerprint density at radius 2 is 1.74 bits per heavy atom. The van der Waals surface area contributed by atoms with Crippen LogP contribution in [0.1, 0.15) is 64.4 Å². The topological polar surface area (TPSA) is 142 Å². The van der Waals surface area contributed by atoms with E-state index in [2.05, 4.69) is 5.32 Å². The van der Waals surface area contributed by atoms with Crippen LogP contribution < -0.4 is 21.5 Å². The number of carbonyl (C=O) groups excluding carboxylic acids is 3. The summed E-state index contributed by atoms with van der Waals surface area (Å²) in [6.45, 7) is 2.35. The number of nitrogen functional groups attached to an aromatic ring is 1. The zero-order chi connectivity index (χ0) is 25.4. The van der Waals surface area contributed by atoms with Gasteiger partial charge in [0.1, 0.15) is 29.6 Å². The average Bonchev–Trinajstić information content (AvgIpc) is 3.26. The van der Waals surface area contributed by atoms with E-state index < -0.39 is 5.91 Å². The van der Waals surface area contributed by atoms with Crippen molar-refractivity contribution in [3.8, 4) is 17.0 Å². The Morgan fingerprint density at radius 3 is 2.37 bits per heavy atom. The third-order valence-electron chi connectivity index (χ3n) is 6.15. The zero-order valence-corrected chi connectivity index (χ0v) is 19.8. The third kappa shape index (κ3) is 5.68. The van der Waals surface area contributed by atoms with E-state index in [1.165, 1.54) is 13.5 Å². The van der Waals surface area contributed by atoms with Gasteiger partial charge in [0.15, 0.2) is 0 Å². The standard InChI is InChI=1S/C25H29N5O3.CH2O/c1-33-20-10-6-5-9-19(20)25(32)28-15-16-11-13-17(14-12-16)22-21(24(27)31)23(26)30(29-22)18-7-3-2-4-8-18;1-2/h5-6,9-14,18H,2-4,7-8,15,26H2,1H3,(H2,27,31)(H,28,32);1H2. The highest BCUT2D eigenvalue weighted by Gasteiger charge is 2.26. The lowest BCUT2D eigenvalue weighted by Gasteiger charge is -2.22. The normalized spacial score (nSPS) is 13.4. The Balaban J connectivity index is 0.00000167. The highest BCUT2D eigenvalue weighted by molar-refractivity contribution is 6.03. The van der Waals surface area contributed by atoms with Crippen molar-refractivity contribution in [2.24, 2.45) is 5.73 Å². The van der Waals surface area contributed by atoms with Gasteiger partial charge in [0, 0.05) is 12.1 Å². The molecule has 1 aliphatic rings. The van der Waals surface area contributed by atoms with Gasteiger partial charge in [-0.25, -0.2) is 4.68 Å². The minimum absolute atomic E-state index is 0.190. The minimum atomic E-state index is -0.585. The number of nitrogens with zero attached hydrogens (tertiary/aromatic N) is 2. The molecule has 35 heavy (non-hydrogen) atoms. The van der Waals surface area contributed by atoms with Gasteiger partial charge in [0.2, 0.25) is 0 Å². The molecule has 0 atom stereocenters. The number of hydrogen-bond acceptors (Lipinski definition) is 6. The number of benzene rings is 2. The van der Waals surface area contributed by atoms with E-state index in [0.717, 1.165) is 36.8 Å². The number of hydrogen-bond donors (Lipinski definition) is 3. The van der Waals surface area contributed by atoms with Crippen molar-refractivity contribution in [3.05, 3.63) is 65.2 Å². The summed E-state index contributed by atoms with van der Waals surface area (Å²) in [5.41, 5.74) is 14.9. The molecule has 0 bridgehead atoms. The quantitative estimate of drug-likeness (QED) is 0.475. The van der Waals surface area contributed by atoms with Crippen molar-refractivity contribution in [3.63, 3.8) is 0 Å². The van der Waals surface area contributed by atoms with Gasteiger partial charge in [-0.2, -0.15) is 5.10 Å². The van der Waals surface area contributed by atoms with Crippen LogP contribution in [0.25, 0.3) is 11.3 Å². The molecule has 0 saturated heterocycles. The number of nitrogens with one attached hydrogen (secondary N) is 1. The highest BCUT2D eigenvalue weighted by atomic mass is 16.5. The summed E-state index contributed by atoms with van der Waals surface area (Å²) in [7, 11) is 1.54. The van der Waals surface area contributed by atoms with Crippen molar-refractivity contribution in [1.29, 1.82) is 0 Å². The zero-order valence-electron chi connectivity index (χ0n) is 19.8. The molecule has 0 radical (unpaired) electrons. The van der Waals surface area contributed by atoms with Gasteiger partial charge in [-0.05, 0) is 30.5 Å². The second kappa shape index (κ2) is 11.8. The van der Waals surface area contributed by atoms with Gasteiger partial charge in [-0.15, -0.1) is 0 Å². The lowest BCUT2D eigenvalue weighted by atomic mass is 9.95.